The van der Waals surface area contributed by atoms with E-state index in [-0.39, 0.29) is 23.4 Å². The number of hydrogen-bond acceptors (Lipinski definition) is 5. The minimum absolute atomic E-state index is 0.000519. The Hall–Kier alpha value is -2.60. The quantitative estimate of drug-likeness (QED) is 0.401. The Morgan fingerprint density at radius 2 is 2.04 bits per heavy atom. The molecule has 0 spiro atoms. The summed E-state index contributed by atoms with van der Waals surface area (Å²) >= 11 is 3.42. The Bertz CT molecular complexity index is 988. The van der Waals surface area contributed by atoms with Gasteiger partial charge in [0, 0.05) is 16.1 Å². The van der Waals surface area contributed by atoms with Crippen molar-refractivity contribution in [1.29, 1.82) is 0 Å². The van der Waals surface area contributed by atoms with E-state index in [2.05, 4.69) is 15.9 Å². The highest BCUT2D eigenvalue weighted by molar-refractivity contribution is 9.10. The summed E-state index contributed by atoms with van der Waals surface area (Å²) in [4.78, 5) is 24.7. The molecule has 0 atom stereocenters. The van der Waals surface area contributed by atoms with Crippen LogP contribution in [-0.4, -0.2) is 18.9 Å². The molecule has 1 aliphatic heterocycles. The van der Waals surface area contributed by atoms with Gasteiger partial charge >= 0.3 is 5.97 Å². The molecule has 2 aromatic rings. The van der Waals surface area contributed by atoms with Gasteiger partial charge in [-0.3, -0.25) is 9.59 Å². The molecule has 27 heavy (non-hydrogen) atoms. The van der Waals surface area contributed by atoms with Crippen LogP contribution in [0.1, 0.15) is 34.3 Å². The van der Waals surface area contributed by atoms with E-state index in [9.17, 15) is 9.59 Å². The van der Waals surface area contributed by atoms with Gasteiger partial charge in [0.1, 0.15) is 17.2 Å². The summed E-state index contributed by atoms with van der Waals surface area (Å²) in [5.74, 6) is 1.21. The number of esters is 1. The first kappa shape index (κ1) is 17.8. The van der Waals surface area contributed by atoms with E-state index in [0.717, 1.165) is 22.9 Å². The summed E-state index contributed by atoms with van der Waals surface area (Å²) in [6.45, 7) is 1.80. The molecule has 0 aromatic heterocycles. The van der Waals surface area contributed by atoms with Crippen LogP contribution in [0, 0.1) is 12.8 Å². The molecule has 1 fully saturated rings. The number of halogens is 1. The van der Waals surface area contributed by atoms with Crippen LogP contribution in [-0.2, 0) is 4.79 Å². The molecule has 4 rings (SSSR count). The van der Waals surface area contributed by atoms with Crippen molar-refractivity contribution in [1.82, 2.24) is 0 Å². The van der Waals surface area contributed by atoms with Gasteiger partial charge in [0.15, 0.2) is 5.76 Å². The zero-order valence-electron chi connectivity index (χ0n) is 14.9. The second kappa shape index (κ2) is 6.85. The van der Waals surface area contributed by atoms with Crippen LogP contribution >= 0.6 is 15.9 Å². The van der Waals surface area contributed by atoms with Gasteiger partial charge in [-0.1, -0.05) is 15.9 Å². The maximum atomic E-state index is 12.8. The molecule has 6 heteroatoms. The van der Waals surface area contributed by atoms with Crippen LogP contribution < -0.4 is 14.2 Å². The highest BCUT2D eigenvalue weighted by Crippen LogP contribution is 2.39. The molecule has 5 nitrogen and oxygen atoms in total. The molecule has 138 valence electrons. The second-order valence-corrected chi connectivity index (χ2v) is 7.55. The minimum atomic E-state index is -0.228. The minimum Gasteiger partial charge on any atom is -0.496 e. The number of benzene rings is 2. The number of carbonyl (C=O) groups excluding carboxylic acids is 2. The molecule has 2 aliphatic rings. The third-order valence-electron chi connectivity index (χ3n) is 4.55. The van der Waals surface area contributed by atoms with Gasteiger partial charge in [-0.05, 0) is 55.7 Å². The van der Waals surface area contributed by atoms with Crippen molar-refractivity contribution in [3.63, 3.8) is 0 Å². The van der Waals surface area contributed by atoms with Gasteiger partial charge in [-0.25, -0.2) is 0 Å². The number of ether oxygens (including phenoxy) is 3. The monoisotopic (exact) mass is 428 g/mol. The molecule has 1 aliphatic carbocycles. The Kier molecular flexibility index (Phi) is 4.52. The lowest BCUT2D eigenvalue weighted by molar-refractivity contribution is -0.135. The summed E-state index contributed by atoms with van der Waals surface area (Å²) in [6.07, 6.45) is 3.40. The van der Waals surface area contributed by atoms with Crippen molar-refractivity contribution in [3.05, 3.63) is 57.3 Å². The van der Waals surface area contributed by atoms with Gasteiger partial charge in [0.25, 0.3) is 0 Å². The first-order valence-corrected chi connectivity index (χ1v) is 9.39. The topological polar surface area (TPSA) is 61.8 Å². The molecule has 0 amide bonds. The summed E-state index contributed by atoms with van der Waals surface area (Å²) in [7, 11) is 1.57. The molecular weight excluding hydrogens is 412 g/mol. The number of hydrogen-bond donors (Lipinski definition) is 0. The van der Waals surface area contributed by atoms with Crippen LogP contribution in [0.2, 0.25) is 0 Å². The first-order chi connectivity index (χ1) is 13.0. The lowest BCUT2D eigenvalue weighted by atomic mass is 10.0. The lowest BCUT2D eigenvalue weighted by Gasteiger charge is -2.07. The molecule has 0 saturated heterocycles. The number of Topliss-reactive ketones (excluding diaryl/α,β-unsaturated/α-hetero) is 1. The summed E-state index contributed by atoms with van der Waals surface area (Å²) < 4.78 is 17.4. The average Bonchev–Trinajstić information content (AvgIpc) is 3.41. The number of carbonyl (C=O) groups is 2. The summed E-state index contributed by atoms with van der Waals surface area (Å²) in [5.41, 5.74) is 1.92. The van der Waals surface area contributed by atoms with Gasteiger partial charge in [-0.2, -0.15) is 0 Å². The van der Waals surface area contributed by atoms with Crippen LogP contribution in [0.25, 0.3) is 6.08 Å². The van der Waals surface area contributed by atoms with E-state index in [1.807, 2.05) is 18.2 Å². The third kappa shape index (κ3) is 3.49. The van der Waals surface area contributed by atoms with E-state index >= 15 is 0 Å². The van der Waals surface area contributed by atoms with E-state index in [1.165, 1.54) is 0 Å². The number of rotatable bonds is 4. The Labute approximate surface area is 165 Å². The highest BCUT2D eigenvalue weighted by atomic mass is 79.9. The Balaban J connectivity index is 1.66. The lowest BCUT2D eigenvalue weighted by Crippen LogP contribution is -2.10. The SMILES string of the molecule is COc1ccc(Br)cc1/C=C1\Oc2cc(OC(=O)C3CC3)cc(C)c2C1=O. The number of ketones is 1. The van der Waals surface area contributed by atoms with E-state index < -0.39 is 0 Å². The normalized spacial score (nSPS) is 16.9. The number of fused-ring (bicyclic) bond motifs is 1. The van der Waals surface area contributed by atoms with Gasteiger partial charge in [-0.15, -0.1) is 0 Å². The van der Waals surface area contributed by atoms with Gasteiger partial charge in [0.05, 0.1) is 18.6 Å². The summed E-state index contributed by atoms with van der Waals surface area (Å²) in [5, 5.41) is 0. The van der Waals surface area contributed by atoms with E-state index in [4.69, 9.17) is 14.2 Å². The fourth-order valence-corrected chi connectivity index (χ4v) is 3.39. The van der Waals surface area contributed by atoms with E-state index in [0.29, 0.717) is 28.4 Å². The first-order valence-electron chi connectivity index (χ1n) is 8.60. The maximum Gasteiger partial charge on any atom is 0.314 e. The van der Waals surface area contributed by atoms with Gasteiger partial charge in [0.2, 0.25) is 5.78 Å². The van der Waals surface area contributed by atoms with Gasteiger partial charge < -0.3 is 14.2 Å². The van der Waals surface area contributed by atoms with E-state index in [1.54, 1.807) is 32.2 Å². The standard InChI is InChI=1S/C21H17BrO5/c1-11-7-15(26-21(24)12-3-4-12)10-17-19(11)20(23)18(27-17)9-13-8-14(22)5-6-16(13)25-2/h5-10,12H,3-4H2,1-2H3/b18-9-. The molecule has 1 saturated carbocycles. The zero-order valence-corrected chi connectivity index (χ0v) is 16.5. The second-order valence-electron chi connectivity index (χ2n) is 6.63. The van der Waals surface area contributed by atoms with Crippen molar-refractivity contribution in [2.45, 2.75) is 19.8 Å². The summed E-state index contributed by atoms with van der Waals surface area (Å²) in [6, 6.07) is 8.81. The fraction of sp³-hybridized carbons (Fsp3) is 0.238. The predicted molar refractivity (Wildman–Crippen MR) is 103 cm³/mol. The van der Waals surface area contributed by atoms with Crippen molar-refractivity contribution in [2.75, 3.05) is 7.11 Å². The molecule has 0 bridgehead atoms. The molecule has 2 aromatic carbocycles. The smallest absolute Gasteiger partial charge is 0.314 e. The molecule has 0 N–H and O–H groups in total. The third-order valence-corrected chi connectivity index (χ3v) is 5.04. The number of methoxy groups -OCH3 is 1. The Morgan fingerprint density at radius 3 is 2.74 bits per heavy atom. The average molecular weight is 429 g/mol. The number of allylic oxidation sites excluding steroid dienone is 1. The van der Waals surface area contributed by atoms with Crippen LogP contribution in [0.3, 0.4) is 0 Å². The largest absolute Gasteiger partial charge is 0.496 e. The molecule has 0 radical (unpaired) electrons. The molecule has 0 unspecified atom stereocenters. The molecule has 1 heterocycles. The van der Waals surface area contributed by atoms with Crippen molar-refractivity contribution in [2.24, 2.45) is 5.92 Å². The van der Waals surface area contributed by atoms with Crippen molar-refractivity contribution < 1.29 is 23.8 Å². The maximum absolute atomic E-state index is 12.8. The number of aryl methyl sites for hydroxylation is 1. The highest BCUT2D eigenvalue weighted by Gasteiger charge is 2.33. The Morgan fingerprint density at radius 1 is 1.26 bits per heavy atom. The van der Waals surface area contributed by atoms with Crippen LogP contribution in [0.5, 0.6) is 17.2 Å². The predicted octanol–water partition coefficient (Wildman–Crippen LogP) is 4.70. The van der Waals surface area contributed by atoms with Crippen molar-refractivity contribution >= 4 is 33.8 Å². The zero-order chi connectivity index (χ0) is 19.1. The molecular formula is C21H17BrO5. The fourth-order valence-electron chi connectivity index (χ4n) is 3.01. The van der Waals surface area contributed by atoms with Crippen LogP contribution in [0.15, 0.2) is 40.6 Å². The van der Waals surface area contributed by atoms with Crippen LogP contribution in [0.4, 0.5) is 0 Å². The van der Waals surface area contributed by atoms with Crippen molar-refractivity contribution in [3.8, 4) is 17.2 Å².